The van der Waals surface area contributed by atoms with Gasteiger partial charge >= 0.3 is 0 Å². The van der Waals surface area contributed by atoms with Gasteiger partial charge in [-0.15, -0.1) is 0 Å². The second kappa shape index (κ2) is 6.21. The Bertz CT molecular complexity index is 515. The lowest BCUT2D eigenvalue weighted by Crippen LogP contribution is -2.05. The van der Waals surface area contributed by atoms with Crippen molar-refractivity contribution in [1.29, 1.82) is 0 Å². The smallest absolute Gasteiger partial charge is 0.0895 e. The highest BCUT2D eigenvalue weighted by Gasteiger charge is 2.10. The third kappa shape index (κ3) is 3.24. The van der Waals surface area contributed by atoms with Crippen molar-refractivity contribution < 1.29 is 5.11 Å². The molecule has 0 radical (unpaired) electrons. The molecular formula is C15H19NOS. The van der Waals surface area contributed by atoms with Crippen molar-refractivity contribution in [3.05, 3.63) is 42.1 Å². The molecule has 2 rings (SSSR count). The molecule has 0 saturated heterocycles. The summed E-state index contributed by atoms with van der Waals surface area (Å²) in [5.74, 6) is 0.731. The Balaban J connectivity index is 2.10. The summed E-state index contributed by atoms with van der Waals surface area (Å²) in [6.45, 7) is 4.36. The van der Waals surface area contributed by atoms with Gasteiger partial charge in [0.05, 0.1) is 11.6 Å². The summed E-state index contributed by atoms with van der Waals surface area (Å²) in [7, 11) is 0. The van der Waals surface area contributed by atoms with E-state index in [0.717, 1.165) is 28.6 Å². The Morgan fingerprint density at radius 2 is 2.11 bits per heavy atom. The number of benzene rings is 1. The number of aliphatic hydroxyl groups is 1. The van der Waals surface area contributed by atoms with Crippen molar-refractivity contribution in [1.82, 2.24) is 4.98 Å². The fourth-order valence-corrected chi connectivity index (χ4v) is 2.68. The predicted molar refractivity (Wildman–Crippen MR) is 78.9 cm³/mol. The van der Waals surface area contributed by atoms with Crippen LogP contribution in [0.2, 0.25) is 0 Å². The van der Waals surface area contributed by atoms with Crippen molar-refractivity contribution >= 4 is 22.7 Å². The first kappa shape index (κ1) is 13.4. The first-order valence-corrected chi connectivity index (χ1v) is 7.40. The van der Waals surface area contributed by atoms with Crippen molar-refractivity contribution in [3.63, 3.8) is 0 Å². The topological polar surface area (TPSA) is 33.1 Å². The predicted octanol–water partition coefficient (Wildman–Crippen LogP) is 3.80. The van der Waals surface area contributed by atoms with Crippen LogP contribution in [0.25, 0.3) is 10.9 Å². The summed E-state index contributed by atoms with van der Waals surface area (Å²) in [6.07, 6.45) is 2.48. The van der Waals surface area contributed by atoms with Crippen molar-refractivity contribution in [2.24, 2.45) is 0 Å². The molecule has 96 valence electrons. The van der Waals surface area contributed by atoms with Gasteiger partial charge in [-0.1, -0.05) is 32.0 Å². The number of fused-ring (bicyclic) bond motifs is 1. The van der Waals surface area contributed by atoms with E-state index in [0.29, 0.717) is 5.25 Å². The third-order valence-corrected chi connectivity index (χ3v) is 4.52. The molecule has 0 saturated carbocycles. The molecule has 0 aliphatic heterocycles. The Labute approximate surface area is 112 Å². The molecule has 3 heteroatoms. The average Bonchev–Trinajstić information content (AvgIpc) is 2.43. The molecule has 2 unspecified atom stereocenters. The highest BCUT2D eigenvalue weighted by molar-refractivity contribution is 7.99. The number of pyridine rings is 1. The number of aromatic nitrogens is 1. The van der Waals surface area contributed by atoms with E-state index in [1.165, 1.54) is 0 Å². The van der Waals surface area contributed by atoms with E-state index < -0.39 is 6.10 Å². The van der Waals surface area contributed by atoms with Gasteiger partial charge in [0.2, 0.25) is 0 Å². The average molecular weight is 261 g/mol. The van der Waals surface area contributed by atoms with Gasteiger partial charge in [0.25, 0.3) is 0 Å². The van der Waals surface area contributed by atoms with Crippen LogP contribution in [0.15, 0.2) is 36.5 Å². The maximum absolute atomic E-state index is 10.2. The Morgan fingerprint density at radius 3 is 2.89 bits per heavy atom. The number of rotatable bonds is 5. The summed E-state index contributed by atoms with van der Waals surface area (Å²) in [5, 5.41) is 11.8. The molecule has 18 heavy (non-hydrogen) atoms. The molecule has 1 N–H and O–H groups in total. The number of hydrogen-bond acceptors (Lipinski definition) is 3. The minimum Gasteiger partial charge on any atom is -0.387 e. The fraction of sp³-hybridized carbons (Fsp3) is 0.400. The van der Waals surface area contributed by atoms with Crippen LogP contribution in [0.1, 0.15) is 31.9 Å². The second-order valence-electron chi connectivity index (χ2n) is 4.53. The van der Waals surface area contributed by atoms with Crippen molar-refractivity contribution in [2.75, 3.05) is 5.75 Å². The van der Waals surface area contributed by atoms with Crippen molar-refractivity contribution in [2.45, 2.75) is 31.6 Å². The van der Waals surface area contributed by atoms with Crippen LogP contribution in [0.3, 0.4) is 0 Å². The van der Waals surface area contributed by atoms with Crippen LogP contribution in [0, 0.1) is 0 Å². The molecule has 0 amide bonds. The van der Waals surface area contributed by atoms with Gasteiger partial charge in [-0.3, -0.25) is 4.98 Å². The van der Waals surface area contributed by atoms with E-state index in [4.69, 9.17) is 0 Å². The number of para-hydroxylation sites is 1. The van der Waals surface area contributed by atoms with Gasteiger partial charge in [0, 0.05) is 28.1 Å². The monoisotopic (exact) mass is 261 g/mol. The van der Waals surface area contributed by atoms with Gasteiger partial charge in [-0.05, 0) is 18.6 Å². The SMILES string of the molecule is CCC(C)SCC(O)c1cnc2ccccc2c1. The van der Waals surface area contributed by atoms with E-state index in [1.54, 1.807) is 18.0 Å². The Hall–Kier alpha value is -1.06. The second-order valence-corrected chi connectivity index (χ2v) is 6.00. The number of hydrogen-bond donors (Lipinski definition) is 1. The van der Waals surface area contributed by atoms with E-state index in [9.17, 15) is 5.11 Å². The normalized spacial score (nSPS) is 14.6. The first-order valence-electron chi connectivity index (χ1n) is 6.35. The molecule has 0 aliphatic rings. The summed E-state index contributed by atoms with van der Waals surface area (Å²) < 4.78 is 0. The Kier molecular flexibility index (Phi) is 4.61. The minimum absolute atomic E-state index is 0.430. The largest absolute Gasteiger partial charge is 0.387 e. The lowest BCUT2D eigenvalue weighted by Gasteiger charge is -2.14. The van der Waals surface area contributed by atoms with Gasteiger partial charge in [-0.25, -0.2) is 0 Å². The van der Waals surface area contributed by atoms with Crippen LogP contribution in [-0.2, 0) is 0 Å². The fourth-order valence-electron chi connectivity index (χ4n) is 1.74. The maximum Gasteiger partial charge on any atom is 0.0895 e. The zero-order chi connectivity index (χ0) is 13.0. The molecular weight excluding hydrogens is 242 g/mol. The van der Waals surface area contributed by atoms with Gasteiger partial charge in [-0.2, -0.15) is 11.8 Å². The molecule has 0 bridgehead atoms. The molecule has 2 nitrogen and oxygen atoms in total. The minimum atomic E-state index is -0.430. The van der Waals surface area contributed by atoms with Crippen LogP contribution < -0.4 is 0 Å². The molecule has 0 fully saturated rings. The molecule has 1 aromatic carbocycles. The number of aliphatic hydroxyl groups excluding tert-OH is 1. The highest BCUT2D eigenvalue weighted by Crippen LogP contribution is 2.24. The number of nitrogens with zero attached hydrogens (tertiary/aromatic N) is 1. The highest BCUT2D eigenvalue weighted by atomic mass is 32.2. The summed E-state index contributed by atoms with van der Waals surface area (Å²) in [6, 6.07) is 10.0. The van der Waals surface area contributed by atoms with Crippen LogP contribution in [0.4, 0.5) is 0 Å². The lowest BCUT2D eigenvalue weighted by molar-refractivity contribution is 0.204. The summed E-state index contributed by atoms with van der Waals surface area (Å²) in [5.41, 5.74) is 1.88. The van der Waals surface area contributed by atoms with Gasteiger partial charge in [0.15, 0.2) is 0 Å². The zero-order valence-corrected chi connectivity index (χ0v) is 11.7. The molecule has 0 spiro atoms. The van der Waals surface area contributed by atoms with Crippen molar-refractivity contribution in [3.8, 4) is 0 Å². The van der Waals surface area contributed by atoms with Crippen LogP contribution in [-0.4, -0.2) is 21.1 Å². The van der Waals surface area contributed by atoms with E-state index in [-0.39, 0.29) is 0 Å². The molecule has 0 aliphatic carbocycles. The van der Waals surface area contributed by atoms with E-state index in [1.807, 2.05) is 30.3 Å². The van der Waals surface area contributed by atoms with Crippen LogP contribution in [0.5, 0.6) is 0 Å². The molecule has 1 heterocycles. The standard InChI is InChI=1S/C15H19NOS/c1-3-11(2)18-10-15(17)13-8-12-6-4-5-7-14(12)16-9-13/h4-9,11,15,17H,3,10H2,1-2H3. The summed E-state index contributed by atoms with van der Waals surface area (Å²) >= 11 is 1.81. The van der Waals surface area contributed by atoms with E-state index in [2.05, 4.69) is 18.8 Å². The van der Waals surface area contributed by atoms with Gasteiger partial charge < -0.3 is 5.11 Å². The zero-order valence-electron chi connectivity index (χ0n) is 10.8. The third-order valence-electron chi connectivity index (χ3n) is 3.11. The molecule has 1 aromatic heterocycles. The van der Waals surface area contributed by atoms with E-state index >= 15 is 0 Å². The molecule has 2 atom stereocenters. The maximum atomic E-state index is 10.2. The van der Waals surface area contributed by atoms with Crippen LogP contribution >= 0.6 is 11.8 Å². The Morgan fingerprint density at radius 1 is 1.33 bits per heavy atom. The molecule has 2 aromatic rings. The first-order chi connectivity index (χ1) is 8.70. The quantitative estimate of drug-likeness (QED) is 0.888. The summed E-state index contributed by atoms with van der Waals surface area (Å²) in [4.78, 5) is 4.38. The lowest BCUT2D eigenvalue weighted by atomic mass is 10.1. The number of thioether (sulfide) groups is 1. The van der Waals surface area contributed by atoms with Gasteiger partial charge in [0.1, 0.15) is 0 Å².